The zero-order valence-electron chi connectivity index (χ0n) is 7.59. The van der Waals surface area contributed by atoms with Crippen LogP contribution in [0.4, 0.5) is 0 Å². The SMILES string of the molecule is CN1CCC(C)(C(=O)[O-])C1=O.[Li+]. The summed E-state index contributed by atoms with van der Waals surface area (Å²) in [5.41, 5.74) is -1.28. The fraction of sp³-hybridized carbons (Fsp3) is 0.714. The predicted molar refractivity (Wildman–Crippen MR) is 35.4 cm³/mol. The van der Waals surface area contributed by atoms with Gasteiger partial charge in [-0.3, -0.25) is 4.79 Å². The first-order valence-electron chi connectivity index (χ1n) is 3.45. The van der Waals surface area contributed by atoms with Crippen molar-refractivity contribution in [2.75, 3.05) is 13.6 Å². The first-order valence-corrected chi connectivity index (χ1v) is 3.45. The Labute approximate surface area is 83.1 Å². The maximum atomic E-state index is 11.2. The number of carbonyl (C=O) groups excluding carboxylic acids is 2. The molecule has 5 heteroatoms. The summed E-state index contributed by atoms with van der Waals surface area (Å²) < 4.78 is 0. The molecule has 0 N–H and O–H groups in total. The topological polar surface area (TPSA) is 60.4 Å². The second-order valence-corrected chi connectivity index (χ2v) is 3.10. The molecular formula is C7H10LiNO3. The molecule has 0 aliphatic carbocycles. The Morgan fingerprint density at radius 3 is 2.33 bits per heavy atom. The van der Waals surface area contributed by atoms with Crippen LogP contribution in [-0.2, 0) is 9.59 Å². The Bertz CT molecular complexity index is 219. The van der Waals surface area contributed by atoms with Gasteiger partial charge in [-0.25, -0.2) is 0 Å². The molecule has 1 amide bonds. The molecular weight excluding hydrogens is 153 g/mol. The van der Waals surface area contributed by atoms with Crippen molar-refractivity contribution in [2.24, 2.45) is 5.41 Å². The van der Waals surface area contributed by atoms with E-state index in [9.17, 15) is 14.7 Å². The molecule has 1 heterocycles. The van der Waals surface area contributed by atoms with Crippen LogP contribution >= 0.6 is 0 Å². The van der Waals surface area contributed by atoms with Crippen LogP contribution in [-0.4, -0.2) is 30.4 Å². The number of rotatable bonds is 1. The molecule has 0 aromatic rings. The van der Waals surface area contributed by atoms with Crippen molar-refractivity contribution in [1.29, 1.82) is 0 Å². The summed E-state index contributed by atoms with van der Waals surface area (Å²) in [5.74, 6) is -1.62. The quantitative estimate of drug-likeness (QED) is 0.290. The van der Waals surface area contributed by atoms with Crippen LogP contribution in [0.1, 0.15) is 13.3 Å². The number of hydrogen-bond donors (Lipinski definition) is 0. The van der Waals surface area contributed by atoms with E-state index in [1.807, 2.05) is 0 Å². The predicted octanol–water partition coefficient (Wildman–Crippen LogP) is -4.39. The summed E-state index contributed by atoms with van der Waals surface area (Å²) in [6.07, 6.45) is 0.352. The number of carbonyl (C=O) groups is 2. The standard InChI is InChI=1S/C7H11NO3.Li/c1-7(6(10)11)3-4-8(2)5(7)9;/h3-4H2,1-2H3,(H,10,11);/q;+1/p-1. The van der Waals surface area contributed by atoms with Crippen LogP contribution in [0.2, 0.25) is 0 Å². The summed E-state index contributed by atoms with van der Waals surface area (Å²) in [7, 11) is 1.59. The van der Waals surface area contributed by atoms with Gasteiger partial charge in [0, 0.05) is 13.6 Å². The number of amides is 1. The van der Waals surface area contributed by atoms with E-state index in [0.717, 1.165) is 0 Å². The van der Waals surface area contributed by atoms with Gasteiger partial charge in [-0.05, 0) is 13.3 Å². The zero-order valence-corrected chi connectivity index (χ0v) is 7.59. The Morgan fingerprint density at radius 1 is 1.67 bits per heavy atom. The number of carboxylic acids is 1. The third-order valence-corrected chi connectivity index (χ3v) is 2.22. The van der Waals surface area contributed by atoms with Crippen LogP contribution in [0.25, 0.3) is 0 Å². The Morgan fingerprint density at radius 2 is 2.17 bits per heavy atom. The van der Waals surface area contributed by atoms with Crippen LogP contribution < -0.4 is 24.0 Å². The van der Waals surface area contributed by atoms with Gasteiger partial charge in [0.05, 0.1) is 11.4 Å². The summed E-state index contributed by atoms with van der Waals surface area (Å²) in [6.45, 7) is 1.91. The van der Waals surface area contributed by atoms with Gasteiger partial charge in [-0.15, -0.1) is 0 Å². The number of hydrogen-bond acceptors (Lipinski definition) is 3. The second-order valence-electron chi connectivity index (χ2n) is 3.10. The molecule has 12 heavy (non-hydrogen) atoms. The smallest absolute Gasteiger partial charge is 0.549 e. The van der Waals surface area contributed by atoms with Gasteiger partial charge >= 0.3 is 18.9 Å². The minimum absolute atomic E-state index is 0. The van der Waals surface area contributed by atoms with E-state index in [2.05, 4.69) is 0 Å². The summed E-state index contributed by atoms with van der Waals surface area (Å²) in [5, 5.41) is 10.5. The van der Waals surface area contributed by atoms with Gasteiger partial charge in [-0.1, -0.05) is 0 Å². The molecule has 1 atom stereocenters. The van der Waals surface area contributed by atoms with E-state index in [1.165, 1.54) is 11.8 Å². The van der Waals surface area contributed by atoms with Crippen molar-refractivity contribution in [1.82, 2.24) is 4.90 Å². The van der Waals surface area contributed by atoms with Gasteiger partial charge < -0.3 is 14.8 Å². The van der Waals surface area contributed by atoms with Crippen molar-refractivity contribution in [3.63, 3.8) is 0 Å². The molecule has 0 bridgehead atoms. The molecule has 1 unspecified atom stereocenters. The molecule has 62 valence electrons. The van der Waals surface area contributed by atoms with E-state index >= 15 is 0 Å². The molecule has 0 saturated carbocycles. The minimum Gasteiger partial charge on any atom is -0.549 e. The molecule has 0 radical (unpaired) electrons. The maximum absolute atomic E-state index is 11.2. The first-order chi connectivity index (χ1) is 4.98. The Hall–Kier alpha value is -0.463. The molecule has 0 aromatic heterocycles. The van der Waals surface area contributed by atoms with Crippen molar-refractivity contribution in [3.05, 3.63) is 0 Å². The van der Waals surface area contributed by atoms with Gasteiger partial charge in [0.2, 0.25) is 5.91 Å². The molecule has 1 saturated heterocycles. The molecule has 1 rings (SSSR count). The monoisotopic (exact) mass is 163 g/mol. The van der Waals surface area contributed by atoms with E-state index in [1.54, 1.807) is 7.05 Å². The fourth-order valence-electron chi connectivity index (χ4n) is 1.21. The van der Waals surface area contributed by atoms with Crippen molar-refractivity contribution < 1.29 is 33.6 Å². The normalized spacial score (nSPS) is 28.5. The Kier molecular flexibility index (Phi) is 3.37. The van der Waals surface area contributed by atoms with Crippen LogP contribution in [0.15, 0.2) is 0 Å². The van der Waals surface area contributed by atoms with Crippen molar-refractivity contribution in [2.45, 2.75) is 13.3 Å². The number of carboxylic acid groups (broad SMARTS) is 1. The van der Waals surface area contributed by atoms with E-state index in [-0.39, 0.29) is 24.8 Å². The van der Waals surface area contributed by atoms with E-state index < -0.39 is 11.4 Å². The summed E-state index contributed by atoms with van der Waals surface area (Å²) in [6, 6.07) is 0. The van der Waals surface area contributed by atoms with E-state index in [0.29, 0.717) is 13.0 Å². The molecule has 0 aromatic carbocycles. The third-order valence-electron chi connectivity index (χ3n) is 2.22. The number of nitrogens with zero attached hydrogens (tertiary/aromatic N) is 1. The average molecular weight is 163 g/mol. The van der Waals surface area contributed by atoms with Gasteiger partial charge in [-0.2, -0.15) is 0 Å². The third kappa shape index (κ3) is 1.50. The minimum atomic E-state index is -1.28. The summed E-state index contributed by atoms with van der Waals surface area (Å²) in [4.78, 5) is 23.1. The zero-order chi connectivity index (χ0) is 8.65. The van der Waals surface area contributed by atoms with Crippen molar-refractivity contribution >= 4 is 11.9 Å². The first kappa shape index (κ1) is 11.5. The number of aliphatic carboxylic acids is 1. The molecule has 1 aliphatic rings. The van der Waals surface area contributed by atoms with Crippen LogP contribution in [0.5, 0.6) is 0 Å². The molecule has 4 nitrogen and oxygen atoms in total. The Balaban J connectivity index is 0.00000121. The average Bonchev–Trinajstić information content (AvgIpc) is 2.18. The van der Waals surface area contributed by atoms with Gasteiger partial charge in [0.1, 0.15) is 0 Å². The number of likely N-dealkylation sites (tertiary alicyclic amines) is 1. The van der Waals surface area contributed by atoms with E-state index in [4.69, 9.17) is 0 Å². The van der Waals surface area contributed by atoms with Gasteiger partial charge in [0.15, 0.2) is 0 Å². The molecule has 1 aliphatic heterocycles. The van der Waals surface area contributed by atoms with Crippen LogP contribution in [0.3, 0.4) is 0 Å². The fourth-order valence-corrected chi connectivity index (χ4v) is 1.21. The molecule has 1 fully saturated rings. The van der Waals surface area contributed by atoms with Crippen molar-refractivity contribution in [3.8, 4) is 0 Å². The second kappa shape index (κ2) is 3.50. The maximum Gasteiger partial charge on any atom is 1.00 e. The van der Waals surface area contributed by atoms with Gasteiger partial charge in [0.25, 0.3) is 0 Å². The van der Waals surface area contributed by atoms with Crippen LogP contribution in [0, 0.1) is 5.41 Å². The molecule has 0 spiro atoms. The summed E-state index contributed by atoms with van der Waals surface area (Å²) >= 11 is 0. The largest absolute Gasteiger partial charge is 1.00 e.